The van der Waals surface area contributed by atoms with Gasteiger partial charge in [0.05, 0.1) is 6.20 Å². The van der Waals surface area contributed by atoms with Crippen LogP contribution >= 0.6 is 0 Å². The number of aryl methyl sites for hydroxylation is 1. The van der Waals surface area contributed by atoms with Crippen LogP contribution < -0.4 is 10.6 Å². The summed E-state index contributed by atoms with van der Waals surface area (Å²) in [6, 6.07) is 8.69. The van der Waals surface area contributed by atoms with Crippen LogP contribution in [0.15, 0.2) is 55.2 Å². The zero-order chi connectivity index (χ0) is 21.1. The standard InChI is InChI=1S/C20H21N9O/c1-13(2)29-12-22-27-19(29)16-5-4-6-18(24-16)26-20(30)25-17-8-7-14(9-21-17)15-10-23-28(3)11-15/h4-13H,1-3H3,(H2,21,24,25,26,30). The SMILES string of the molecule is CC(C)n1cnnc1-c1cccc(NC(=O)Nc2ccc(-c3cnn(C)c3)cn2)n1. The zero-order valence-electron chi connectivity index (χ0n) is 16.8. The van der Waals surface area contributed by atoms with E-state index < -0.39 is 6.03 Å². The van der Waals surface area contributed by atoms with Gasteiger partial charge in [-0.2, -0.15) is 5.10 Å². The van der Waals surface area contributed by atoms with Crippen molar-refractivity contribution in [2.75, 3.05) is 10.6 Å². The van der Waals surface area contributed by atoms with Gasteiger partial charge in [-0.15, -0.1) is 10.2 Å². The first-order valence-electron chi connectivity index (χ1n) is 9.39. The second kappa shape index (κ2) is 8.11. The molecule has 4 aromatic heterocycles. The lowest BCUT2D eigenvalue weighted by Gasteiger charge is -2.11. The molecule has 0 atom stereocenters. The van der Waals surface area contributed by atoms with Gasteiger partial charge in [0.15, 0.2) is 5.82 Å². The third-order valence-corrected chi connectivity index (χ3v) is 4.39. The minimum atomic E-state index is -0.438. The number of nitrogens with zero attached hydrogens (tertiary/aromatic N) is 7. The molecule has 0 aliphatic carbocycles. The summed E-state index contributed by atoms with van der Waals surface area (Å²) < 4.78 is 3.64. The Hall–Kier alpha value is -4.08. The number of rotatable bonds is 5. The Labute approximate surface area is 173 Å². The van der Waals surface area contributed by atoms with E-state index in [4.69, 9.17) is 0 Å². The van der Waals surface area contributed by atoms with Crippen molar-refractivity contribution < 1.29 is 4.79 Å². The van der Waals surface area contributed by atoms with Crippen molar-refractivity contribution in [1.29, 1.82) is 0 Å². The van der Waals surface area contributed by atoms with Crippen molar-refractivity contribution in [1.82, 2.24) is 34.5 Å². The van der Waals surface area contributed by atoms with Crippen LogP contribution in [-0.2, 0) is 7.05 Å². The summed E-state index contributed by atoms with van der Waals surface area (Å²) in [5.74, 6) is 1.47. The molecule has 30 heavy (non-hydrogen) atoms. The van der Waals surface area contributed by atoms with Gasteiger partial charge in [-0.25, -0.2) is 14.8 Å². The Morgan fingerprint density at radius 1 is 1.03 bits per heavy atom. The summed E-state index contributed by atoms with van der Waals surface area (Å²) in [6.07, 6.45) is 7.00. The van der Waals surface area contributed by atoms with Gasteiger partial charge in [0, 0.05) is 36.6 Å². The van der Waals surface area contributed by atoms with E-state index >= 15 is 0 Å². The maximum absolute atomic E-state index is 12.4. The van der Waals surface area contributed by atoms with Gasteiger partial charge in [0.2, 0.25) is 0 Å². The molecule has 0 radical (unpaired) electrons. The minimum absolute atomic E-state index is 0.192. The van der Waals surface area contributed by atoms with Crippen LogP contribution in [-0.4, -0.2) is 40.5 Å². The van der Waals surface area contributed by atoms with Crippen LogP contribution in [0.2, 0.25) is 0 Å². The maximum atomic E-state index is 12.4. The zero-order valence-corrected chi connectivity index (χ0v) is 16.8. The van der Waals surface area contributed by atoms with E-state index in [1.54, 1.807) is 41.6 Å². The van der Waals surface area contributed by atoms with Crippen LogP contribution in [0.25, 0.3) is 22.6 Å². The number of anilines is 2. The van der Waals surface area contributed by atoms with E-state index in [-0.39, 0.29) is 6.04 Å². The highest BCUT2D eigenvalue weighted by molar-refractivity contribution is 5.98. The maximum Gasteiger partial charge on any atom is 0.326 e. The molecule has 0 unspecified atom stereocenters. The van der Waals surface area contributed by atoms with Gasteiger partial charge >= 0.3 is 6.03 Å². The Balaban J connectivity index is 1.44. The second-order valence-corrected chi connectivity index (χ2v) is 6.98. The van der Waals surface area contributed by atoms with Crippen molar-refractivity contribution in [2.24, 2.45) is 7.05 Å². The molecule has 2 N–H and O–H groups in total. The molecular weight excluding hydrogens is 382 g/mol. The fourth-order valence-corrected chi connectivity index (χ4v) is 2.91. The molecule has 0 spiro atoms. The number of aromatic nitrogens is 7. The smallest absolute Gasteiger partial charge is 0.310 e. The van der Waals surface area contributed by atoms with Crippen molar-refractivity contribution in [3.8, 4) is 22.6 Å². The van der Waals surface area contributed by atoms with Crippen molar-refractivity contribution in [3.63, 3.8) is 0 Å². The molecule has 4 aromatic rings. The van der Waals surface area contributed by atoms with Crippen molar-refractivity contribution >= 4 is 17.7 Å². The summed E-state index contributed by atoms with van der Waals surface area (Å²) in [5, 5.41) is 17.7. The Morgan fingerprint density at radius 2 is 1.87 bits per heavy atom. The highest BCUT2D eigenvalue weighted by atomic mass is 16.2. The summed E-state index contributed by atoms with van der Waals surface area (Å²) in [7, 11) is 1.85. The van der Waals surface area contributed by atoms with E-state index in [1.807, 2.05) is 43.8 Å². The van der Waals surface area contributed by atoms with Crippen LogP contribution in [0, 0.1) is 0 Å². The number of nitrogens with one attached hydrogen (secondary N) is 2. The number of amides is 2. The predicted molar refractivity (Wildman–Crippen MR) is 113 cm³/mol. The highest BCUT2D eigenvalue weighted by Crippen LogP contribution is 2.20. The number of carbonyl (C=O) groups excluding carboxylic acids is 1. The molecule has 0 aliphatic rings. The molecular formula is C20H21N9O. The third kappa shape index (κ3) is 4.17. The lowest BCUT2D eigenvalue weighted by atomic mass is 10.2. The summed E-state index contributed by atoms with van der Waals surface area (Å²) in [6.45, 7) is 4.07. The molecule has 0 aliphatic heterocycles. The average molecular weight is 403 g/mol. The molecule has 2 amide bonds. The van der Waals surface area contributed by atoms with E-state index in [0.717, 1.165) is 11.1 Å². The number of hydrogen-bond donors (Lipinski definition) is 2. The minimum Gasteiger partial charge on any atom is -0.310 e. The summed E-state index contributed by atoms with van der Waals surface area (Å²) >= 11 is 0. The normalized spacial score (nSPS) is 10.9. The number of hydrogen-bond acceptors (Lipinski definition) is 6. The number of carbonyl (C=O) groups is 1. The first kappa shape index (κ1) is 19.2. The van der Waals surface area contributed by atoms with Gasteiger partial charge in [-0.1, -0.05) is 6.07 Å². The van der Waals surface area contributed by atoms with E-state index in [9.17, 15) is 4.79 Å². The summed E-state index contributed by atoms with van der Waals surface area (Å²) in [4.78, 5) is 21.1. The summed E-state index contributed by atoms with van der Waals surface area (Å²) in [5.41, 5.74) is 2.49. The molecule has 0 fully saturated rings. The highest BCUT2D eigenvalue weighted by Gasteiger charge is 2.12. The average Bonchev–Trinajstić information content (AvgIpc) is 3.38. The molecule has 10 heteroatoms. The van der Waals surface area contributed by atoms with Gasteiger partial charge in [-0.3, -0.25) is 15.3 Å². The first-order valence-corrected chi connectivity index (χ1v) is 9.39. The Kier molecular flexibility index (Phi) is 5.21. The molecule has 4 heterocycles. The van der Waals surface area contributed by atoms with Crippen molar-refractivity contribution in [2.45, 2.75) is 19.9 Å². The molecule has 10 nitrogen and oxygen atoms in total. The molecule has 4 rings (SSSR count). The lowest BCUT2D eigenvalue weighted by molar-refractivity contribution is 0.262. The van der Waals surface area contributed by atoms with Gasteiger partial charge < -0.3 is 4.57 Å². The van der Waals surface area contributed by atoms with Gasteiger partial charge in [0.25, 0.3) is 0 Å². The quantitative estimate of drug-likeness (QED) is 0.528. The molecule has 152 valence electrons. The van der Waals surface area contributed by atoms with Crippen LogP contribution in [0.3, 0.4) is 0 Å². The Bertz CT molecular complexity index is 1160. The topological polar surface area (TPSA) is 115 Å². The predicted octanol–water partition coefficient (Wildman–Crippen LogP) is 3.36. The van der Waals surface area contributed by atoms with Crippen LogP contribution in [0.4, 0.5) is 16.4 Å². The van der Waals surface area contributed by atoms with E-state index in [1.165, 1.54) is 0 Å². The monoisotopic (exact) mass is 403 g/mol. The lowest BCUT2D eigenvalue weighted by Crippen LogP contribution is -2.20. The molecule has 0 saturated carbocycles. The fourth-order valence-electron chi connectivity index (χ4n) is 2.91. The number of pyridine rings is 2. The molecule has 0 aromatic carbocycles. The first-order chi connectivity index (χ1) is 14.5. The second-order valence-electron chi connectivity index (χ2n) is 6.98. The van der Waals surface area contributed by atoms with Crippen molar-refractivity contribution in [3.05, 3.63) is 55.2 Å². The van der Waals surface area contributed by atoms with E-state index in [0.29, 0.717) is 23.2 Å². The molecule has 0 bridgehead atoms. The van der Waals surface area contributed by atoms with Gasteiger partial charge in [0.1, 0.15) is 23.7 Å². The largest absolute Gasteiger partial charge is 0.326 e. The van der Waals surface area contributed by atoms with E-state index in [2.05, 4.69) is 35.9 Å². The van der Waals surface area contributed by atoms with Gasteiger partial charge in [-0.05, 0) is 38.1 Å². The fraction of sp³-hybridized carbons (Fsp3) is 0.200. The number of urea groups is 1. The Morgan fingerprint density at radius 3 is 2.57 bits per heavy atom. The molecule has 0 saturated heterocycles. The van der Waals surface area contributed by atoms with Crippen LogP contribution in [0.5, 0.6) is 0 Å². The van der Waals surface area contributed by atoms with Crippen LogP contribution in [0.1, 0.15) is 19.9 Å². The third-order valence-electron chi connectivity index (χ3n) is 4.39.